The zero-order valence-electron chi connectivity index (χ0n) is 7.83. The number of nitrogens with one attached hydrogen (secondary N) is 2. The highest BCUT2D eigenvalue weighted by atomic mass is 16.5. The molecule has 0 aromatic carbocycles. The van der Waals surface area contributed by atoms with Crippen molar-refractivity contribution in [2.75, 3.05) is 13.7 Å². The summed E-state index contributed by atoms with van der Waals surface area (Å²) < 4.78 is 4.42. The van der Waals surface area contributed by atoms with Crippen LogP contribution in [0.25, 0.3) is 0 Å². The molecule has 1 heterocycles. The monoisotopic (exact) mass is 200 g/mol. The number of carbonyl (C=O) groups is 3. The average Bonchev–Trinajstić information content (AvgIpc) is 2.19. The van der Waals surface area contributed by atoms with Crippen molar-refractivity contribution >= 4 is 17.8 Å². The van der Waals surface area contributed by atoms with Crippen molar-refractivity contribution in [3.05, 3.63) is 0 Å². The van der Waals surface area contributed by atoms with Gasteiger partial charge in [-0.25, -0.2) is 0 Å². The van der Waals surface area contributed by atoms with E-state index < -0.39 is 12.0 Å². The number of hydrogen-bond acceptors (Lipinski definition) is 4. The summed E-state index contributed by atoms with van der Waals surface area (Å²) in [6.45, 7) is 0.00750. The van der Waals surface area contributed by atoms with Gasteiger partial charge < -0.3 is 15.4 Å². The van der Waals surface area contributed by atoms with E-state index in [4.69, 9.17) is 0 Å². The zero-order valence-corrected chi connectivity index (χ0v) is 7.83. The quantitative estimate of drug-likeness (QED) is 0.546. The van der Waals surface area contributed by atoms with E-state index in [0.29, 0.717) is 0 Å². The smallest absolute Gasteiger partial charge is 0.305 e. The lowest BCUT2D eigenvalue weighted by Crippen LogP contribution is -2.56. The van der Waals surface area contributed by atoms with Gasteiger partial charge in [0.25, 0.3) is 0 Å². The Hall–Kier alpha value is -1.59. The van der Waals surface area contributed by atoms with E-state index in [1.807, 2.05) is 0 Å². The molecule has 0 saturated carbocycles. The molecule has 14 heavy (non-hydrogen) atoms. The topological polar surface area (TPSA) is 84.5 Å². The normalized spacial score (nSPS) is 21.1. The third-order valence-electron chi connectivity index (χ3n) is 1.94. The van der Waals surface area contributed by atoms with Crippen molar-refractivity contribution in [1.29, 1.82) is 0 Å². The predicted molar refractivity (Wildman–Crippen MR) is 46.2 cm³/mol. The van der Waals surface area contributed by atoms with Gasteiger partial charge in [-0.1, -0.05) is 0 Å². The number of rotatable bonds is 3. The first-order valence-corrected chi connectivity index (χ1v) is 4.27. The second-order valence-electron chi connectivity index (χ2n) is 2.95. The van der Waals surface area contributed by atoms with Crippen molar-refractivity contribution < 1.29 is 19.1 Å². The number of methoxy groups -OCH3 is 1. The van der Waals surface area contributed by atoms with Crippen LogP contribution in [0.2, 0.25) is 0 Å². The molecule has 6 heteroatoms. The summed E-state index contributed by atoms with van der Waals surface area (Å²) in [5.74, 6) is -0.884. The molecule has 1 saturated heterocycles. The van der Waals surface area contributed by atoms with Gasteiger partial charge in [0.1, 0.15) is 6.04 Å². The van der Waals surface area contributed by atoms with Crippen LogP contribution in [0, 0.1) is 0 Å². The molecule has 2 N–H and O–H groups in total. The highest BCUT2D eigenvalue weighted by Crippen LogP contribution is 2.01. The summed E-state index contributed by atoms with van der Waals surface area (Å²) in [7, 11) is 1.28. The van der Waals surface area contributed by atoms with Crippen LogP contribution in [0.3, 0.4) is 0 Å². The number of hydrogen-bond donors (Lipinski definition) is 2. The molecular weight excluding hydrogens is 188 g/mol. The lowest BCUT2D eigenvalue weighted by Gasteiger charge is -2.22. The predicted octanol–water partition coefficient (Wildman–Crippen LogP) is -1.45. The number of carbonyl (C=O) groups excluding carboxylic acids is 3. The van der Waals surface area contributed by atoms with Crippen LogP contribution >= 0.6 is 0 Å². The maximum Gasteiger partial charge on any atom is 0.305 e. The van der Waals surface area contributed by atoms with Crippen molar-refractivity contribution in [2.24, 2.45) is 0 Å². The van der Waals surface area contributed by atoms with Crippen LogP contribution in [0.1, 0.15) is 12.8 Å². The van der Waals surface area contributed by atoms with Crippen LogP contribution in [-0.4, -0.2) is 37.5 Å². The van der Waals surface area contributed by atoms with Gasteiger partial charge in [0, 0.05) is 6.42 Å². The Balaban J connectivity index is 2.38. The van der Waals surface area contributed by atoms with Crippen LogP contribution in [0.5, 0.6) is 0 Å². The minimum atomic E-state index is -0.615. The lowest BCUT2D eigenvalue weighted by molar-refractivity contribution is -0.141. The Kier molecular flexibility index (Phi) is 3.44. The fourth-order valence-electron chi connectivity index (χ4n) is 1.17. The first-order valence-electron chi connectivity index (χ1n) is 4.27. The molecule has 0 aliphatic carbocycles. The van der Waals surface area contributed by atoms with Crippen molar-refractivity contribution in [2.45, 2.75) is 18.9 Å². The van der Waals surface area contributed by atoms with Gasteiger partial charge in [-0.05, 0) is 6.42 Å². The maximum absolute atomic E-state index is 11.2. The molecule has 1 aliphatic rings. The third kappa shape index (κ3) is 2.72. The second-order valence-corrected chi connectivity index (χ2v) is 2.95. The van der Waals surface area contributed by atoms with E-state index >= 15 is 0 Å². The molecule has 1 atom stereocenters. The molecule has 6 nitrogen and oxygen atoms in total. The van der Waals surface area contributed by atoms with Crippen molar-refractivity contribution in [3.63, 3.8) is 0 Å². The highest BCUT2D eigenvalue weighted by molar-refractivity contribution is 5.94. The molecule has 0 aromatic rings. The van der Waals surface area contributed by atoms with E-state index in [1.54, 1.807) is 0 Å². The van der Waals surface area contributed by atoms with E-state index in [2.05, 4.69) is 15.4 Å². The summed E-state index contributed by atoms with van der Waals surface area (Å²) in [5, 5.41) is 4.91. The number of ether oxygens (including phenoxy) is 1. The molecule has 1 aliphatic heterocycles. The SMILES string of the molecule is COC(=O)CCC1NC(=O)CNC1=O. The summed E-state index contributed by atoms with van der Waals surface area (Å²) in [5.41, 5.74) is 0. The van der Waals surface area contributed by atoms with Gasteiger partial charge in [-0.2, -0.15) is 0 Å². The van der Waals surface area contributed by atoms with E-state index in [-0.39, 0.29) is 31.2 Å². The van der Waals surface area contributed by atoms with Crippen molar-refractivity contribution in [3.8, 4) is 0 Å². The number of piperazine rings is 1. The molecule has 0 spiro atoms. The van der Waals surface area contributed by atoms with Gasteiger partial charge in [0.05, 0.1) is 13.7 Å². The number of amides is 2. The summed E-state index contributed by atoms with van der Waals surface area (Å²) in [6.07, 6.45) is 0.388. The summed E-state index contributed by atoms with van der Waals surface area (Å²) >= 11 is 0. The Bertz CT molecular complexity index is 264. The molecule has 2 amide bonds. The Morgan fingerprint density at radius 3 is 2.93 bits per heavy atom. The van der Waals surface area contributed by atoms with Crippen LogP contribution in [0.15, 0.2) is 0 Å². The first-order chi connectivity index (χ1) is 6.63. The Morgan fingerprint density at radius 2 is 2.29 bits per heavy atom. The minimum Gasteiger partial charge on any atom is -0.469 e. The fourth-order valence-corrected chi connectivity index (χ4v) is 1.17. The second kappa shape index (κ2) is 4.59. The van der Waals surface area contributed by atoms with Gasteiger partial charge in [-0.15, -0.1) is 0 Å². The molecule has 1 fully saturated rings. The Morgan fingerprint density at radius 1 is 1.57 bits per heavy atom. The average molecular weight is 200 g/mol. The van der Waals surface area contributed by atoms with Crippen LogP contribution in [0.4, 0.5) is 0 Å². The van der Waals surface area contributed by atoms with E-state index in [1.165, 1.54) is 7.11 Å². The molecule has 1 rings (SSSR count). The van der Waals surface area contributed by atoms with Crippen molar-refractivity contribution in [1.82, 2.24) is 10.6 Å². The highest BCUT2D eigenvalue weighted by Gasteiger charge is 2.26. The van der Waals surface area contributed by atoms with Gasteiger partial charge in [-0.3, -0.25) is 14.4 Å². The van der Waals surface area contributed by atoms with Gasteiger partial charge in [0.2, 0.25) is 11.8 Å². The third-order valence-corrected chi connectivity index (χ3v) is 1.94. The molecule has 0 bridgehead atoms. The van der Waals surface area contributed by atoms with Crippen LogP contribution in [-0.2, 0) is 19.1 Å². The van der Waals surface area contributed by atoms with Gasteiger partial charge in [0.15, 0.2) is 0 Å². The van der Waals surface area contributed by atoms with E-state index in [9.17, 15) is 14.4 Å². The lowest BCUT2D eigenvalue weighted by atomic mass is 10.1. The van der Waals surface area contributed by atoms with E-state index in [0.717, 1.165) is 0 Å². The number of esters is 1. The van der Waals surface area contributed by atoms with Gasteiger partial charge >= 0.3 is 5.97 Å². The molecule has 78 valence electrons. The first kappa shape index (κ1) is 10.5. The standard InChI is InChI=1S/C8H12N2O4/c1-14-7(12)3-2-5-8(13)9-4-6(11)10-5/h5H,2-4H2,1H3,(H,9,13)(H,10,11). The van der Waals surface area contributed by atoms with Crippen LogP contribution < -0.4 is 10.6 Å². The molecule has 0 radical (unpaired) electrons. The largest absolute Gasteiger partial charge is 0.469 e. The summed E-state index contributed by atoms with van der Waals surface area (Å²) in [4.78, 5) is 32.8. The molecular formula is C8H12N2O4. The maximum atomic E-state index is 11.2. The fraction of sp³-hybridized carbons (Fsp3) is 0.625. The summed E-state index contributed by atoms with van der Waals surface area (Å²) in [6, 6.07) is -0.615. The Labute approximate surface area is 81.0 Å². The minimum absolute atomic E-state index is 0.00750. The molecule has 1 unspecified atom stereocenters. The zero-order chi connectivity index (χ0) is 10.6. The molecule has 0 aromatic heterocycles.